The van der Waals surface area contributed by atoms with E-state index in [1.165, 1.54) is 25.3 Å². The number of β-amino-alcohol motifs (C(OH)–C–C–N with tert-alkyl or cyclic N) is 1. The zero-order chi connectivity index (χ0) is 18.7. The molecular formula is C19H20F3NO3. The molecule has 1 saturated heterocycles. The minimum absolute atomic E-state index is 0.273. The van der Waals surface area contributed by atoms with Crippen molar-refractivity contribution in [1.82, 2.24) is 4.90 Å². The van der Waals surface area contributed by atoms with Crippen molar-refractivity contribution in [1.29, 1.82) is 0 Å². The molecule has 0 amide bonds. The molecule has 1 N–H and O–H groups in total. The van der Waals surface area contributed by atoms with Gasteiger partial charge in [0.15, 0.2) is 0 Å². The second kappa shape index (κ2) is 7.55. The molecule has 3 rings (SSSR count). The minimum atomic E-state index is -4.73. The summed E-state index contributed by atoms with van der Waals surface area (Å²) in [6, 6.07) is 11.4. The van der Waals surface area contributed by atoms with Crippen LogP contribution in [0.1, 0.15) is 12.0 Å². The summed E-state index contributed by atoms with van der Waals surface area (Å²) < 4.78 is 46.8. The fraction of sp³-hybridized carbons (Fsp3) is 0.368. The van der Waals surface area contributed by atoms with Crippen LogP contribution in [0.2, 0.25) is 0 Å². The van der Waals surface area contributed by atoms with E-state index in [0.29, 0.717) is 30.0 Å². The molecule has 0 spiro atoms. The first kappa shape index (κ1) is 18.5. The summed E-state index contributed by atoms with van der Waals surface area (Å²) in [6.07, 6.45) is -4.29. The molecule has 140 valence electrons. The predicted octanol–water partition coefficient (Wildman–Crippen LogP) is 3.83. The molecule has 1 aliphatic heterocycles. The van der Waals surface area contributed by atoms with Crippen molar-refractivity contribution >= 4 is 0 Å². The Morgan fingerprint density at radius 3 is 2.65 bits per heavy atom. The standard InChI is InChI=1S/C19H20F3NO3/c1-25-18-6-5-13(11-23-8-7-15(24)12-23)9-17(18)14-3-2-4-16(10-14)26-19(20,21)22/h2-6,9-10,15,24H,7-8,11-12H2,1H3. The van der Waals surface area contributed by atoms with Gasteiger partial charge in [-0.05, 0) is 41.8 Å². The molecule has 7 heteroatoms. The van der Waals surface area contributed by atoms with Crippen molar-refractivity contribution in [3.63, 3.8) is 0 Å². The van der Waals surface area contributed by atoms with Gasteiger partial charge in [-0.2, -0.15) is 0 Å². The van der Waals surface area contributed by atoms with E-state index < -0.39 is 6.36 Å². The first-order chi connectivity index (χ1) is 12.3. The number of hydrogen-bond donors (Lipinski definition) is 1. The molecule has 4 nitrogen and oxygen atoms in total. The Morgan fingerprint density at radius 1 is 1.19 bits per heavy atom. The van der Waals surface area contributed by atoms with E-state index in [9.17, 15) is 18.3 Å². The van der Waals surface area contributed by atoms with Crippen LogP contribution in [0, 0.1) is 0 Å². The maximum atomic E-state index is 12.5. The topological polar surface area (TPSA) is 41.9 Å². The molecular weight excluding hydrogens is 347 g/mol. The highest BCUT2D eigenvalue weighted by Gasteiger charge is 2.31. The molecule has 0 aromatic heterocycles. The van der Waals surface area contributed by atoms with Gasteiger partial charge in [-0.25, -0.2) is 0 Å². The summed E-state index contributed by atoms with van der Waals surface area (Å²) in [4.78, 5) is 2.14. The fourth-order valence-corrected chi connectivity index (χ4v) is 3.15. The zero-order valence-electron chi connectivity index (χ0n) is 14.3. The van der Waals surface area contributed by atoms with Crippen LogP contribution in [-0.2, 0) is 6.54 Å². The Balaban J connectivity index is 1.88. The first-order valence-electron chi connectivity index (χ1n) is 8.27. The number of aliphatic hydroxyl groups excluding tert-OH is 1. The molecule has 2 aromatic carbocycles. The highest BCUT2D eigenvalue weighted by atomic mass is 19.4. The van der Waals surface area contributed by atoms with Crippen molar-refractivity contribution in [3.05, 3.63) is 48.0 Å². The average molecular weight is 367 g/mol. The van der Waals surface area contributed by atoms with Crippen LogP contribution in [0.3, 0.4) is 0 Å². The molecule has 0 saturated carbocycles. The lowest BCUT2D eigenvalue weighted by molar-refractivity contribution is -0.274. The number of rotatable bonds is 5. The number of benzene rings is 2. The van der Waals surface area contributed by atoms with Gasteiger partial charge < -0.3 is 14.6 Å². The number of halogens is 3. The van der Waals surface area contributed by atoms with Crippen LogP contribution in [0.4, 0.5) is 13.2 Å². The number of nitrogens with zero attached hydrogens (tertiary/aromatic N) is 1. The zero-order valence-corrected chi connectivity index (χ0v) is 14.3. The van der Waals surface area contributed by atoms with Crippen LogP contribution in [-0.4, -0.2) is 42.7 Å². The maximum Gasteiger partial charge on any atom is 0.573 e. The quantitative estimate of drug-likeness (QED) is 0.872. The number of likely N-dealkylation sites (tertiary alicyclic amines) is 1. The predicted molar refractivity (Wildman–Crippen MR) is 91.0 cm³/mol. The van der Waals surface area contributed by atoms with Crippen molar-refractivity contribution < 1.29 is 27.8 Å². The second-order valence-electron chi connectivity index (χ2n) is 6.29. The highest BCUT2D eigenvalue weighted by Crippen LogP contribution is 2.34. The van der Waals surface area contributed by atoms with Crippen LogP contribution >= 0.6 is 0 Å². The second-order valence-corrected chi connectivity index (χ2v) is 6.29. The van der Waals surface area contributed by atoms with Gasteiger partial charge >= 0.3 is 6.36 Å². The van der Waals surface area contributed by atoms with Gasteiger partial charge in [0.2, 0.25) is 0 Å². The third kappa shape index (κ3) is 4.68. The van der Waals surface area contributed by atoms with E-state index >= 15 is 0 Å². The lowest BCUT2D eigenvalue weighted by atomic mass is 10.0. The molecule has 1 unspecified atom stereocenters. The summed E-state index contributed by atoms with van der Waals surface area (Å²) in [5.41, 5.74) is 2.27. The monoisotopic (exact) mass is 367 g/mol. The van der Waals surface area contributed by atoms with E-state index in [1.807, 2.05) is 12.1 Å². The lowest BCUT2D eigenvalue weighted by Crippen LogP contribution is -2.21. The normalized spacial score (nSPS) is 18.1. The Kier molecular flexibility index (Phi) is 5.38. The third-order valence-electron chi connectivity index (χ3n) is 4.30. The van der Waals surface area contributed by atoms with Crippen molar-refractivity contribution in [3.8, 4) is 22.6 Å². The fourth-order valence-electron chi connectivity index (χ4n) is 3.15. The molecule has 1 aliphatic rings. The Hall–Kier alpha value is -2.25. The average Bonchev–Trinajstić information content (AvgIpc) is 2.98. The van der Waals surface area contributed by atoms with E-state index in [2.05, 4.69) is 9.64 Å². The summed E-state index contributed by atoms with van der Waals surface area (Å²) in [5, 5.41) is 9.65. The van der Waals surface area contributed by atoms with Crippen LogP contribution < -0.4 is 9.47 Å². The third-order valence-corrected chi connectivity index (χ3v) is 4.30. The number of hydrogen-bond acceptors (Lipinski definition) is 4. The Bertz CT molecular complexity index is 764. The van der Waals surface area contributed by atoms with Gasteiger partial charge in [0.1, 0.15) is 11.5 Å². The van der Waals surface area contributed by atoms with Crippen molar-refractivity contribution in [2.45, 2.75) is 25.4 Å². The number of methoxy groups -OCH3 is 1. The van der Waals surface area contributed by atoms with Crippen LogP contribution in [0.25, 0.3) is 11.1 Å². The molecule has 0 aliphatic carbocycles. The summed E-state index contributed by atoms with van der Waals surface area (Å²) in [5.74, 6) is 0.296. The van der Waals surface area contributed by atoms with Gasteiger partial charge in [-0.15, -0.1) is 13.2 Å². The van der Waals surface area contributed by atoms with E-state index in [-0.39, 0.29) is 11.9 Å². The van der Waals surface area contributed by atoms with Crippen molar-refractivity contribution in [2.24, 2.45) is 0 Å². The van der Waals surface area contributed by atoms with Gasteiger partial charge in [-0.1, -0.05) is 18.2 Å². The molecule has 1 fully saturated rings. The lowest BCUT2D eigenvalue weighted by Gasteiger charge is -2.17. The first-order valence-corrected chi connectivity index (χ1v) is 8.27. The largest absolute Gasteiger partial charge is 0.573 e. The van der Waals surface area contributed by atoms with Gasteiger partial charge in [0.25, 0.3) is 0 Å². The Labute approximate surface area is 149 Å². The van der Waals surface area contributed by atoms with Gasteiger partial charge in [0, 0.05) is 25.2 Å². The molecule has 1 heterocycles. The van der Waals surface area contributed by atoms with Gasteiger partial charge in [-0.3, -0.25) is 4.90 Å². The van der Waals surface area contributed by atoms with Crippen molar-refractivity contribution in [2.75, 3.05) is 20.2 Å². The highest BCUT2D eigenvalue weighted by molar-refractivity contribution is 5.72. The molecule has 2 aromatic rings. The smallest absolute Gasteiger partial charge is 0.496 e. The van der Waals surface area contributed by atoms with E-state index in [4.69, 9.17) is 4.74 Å². The molecule has 26 heavy (non-hydrogen) atoms. The molecule has 0 bridgehead atoms. The molecule has 1 atom stereocenters. The van der Waals surface area contributed by atoms with E-state index in [1.54, 1.807) is 12.1 Å². The SMILES string of the molecule is COc1ccc(CN2CCC(O)C2)cc1-c1cccc(OC(F)(F)F)c1. The number of ether oxygens (including phenoxy) is 2. The number of aliphatic hydroxyl groups is 1. The maximum absolute atomic E-state index is 12.5. The summed E-state index contributed by atoms with van der Waals surface area (Å²) in [7, 11) is 1.52. The van der Waals surface area contributed by atoms with Gasteiger partial charge in [0.05, 0.1) is 13.2 Å². The van der Waals surface area contributed by atoms with E-state index in [0.717, 1.165) is 18.5 Å². The summed E-state index contributed by atoms with van der Waals surface area (Å²) >= 11 is 0. The van der Waals surface area contributed by atoms with Crippen LogP contribution in [0.15, 0.2) is 42.5 Å². The Morgan fingerprint density at radius 2 is 2.00 bits per heavy atom. The molecule has 0 radical (unpaired) electrons. The van der Waals surface area contributed by atoms with Crippen LogP contribution in [0.5, 0.6) is 11.5 Å². The number of alkyl halides is 3. The minimum Gasteiger partial charge on any atom is -0.496 e. The summed E-state index contributed by atoms with van der Waals surface area (Å²) in [6.45, 7) is 2.10.